The summed E-state index contributed by atoms with van der Waals surface area (Å²) >= 11 is 0. The van der Waals surface area contributed by atoms with Crippen LogP contribution in [0.15, 0.2) is 55.0 Å². The fraction of sp³-hybridized carbons (Fsp3) is 0.174. The maximum Gasteiger partial charge on any atom is 0.254 e. The Labute approximate surface area is 163 Å². The molecule has 0 unspecified atom stereocenters. The van der Waals surface area contributed by atoms with Crippen LogP contribution in [-0.4, -0.2) is 20.9 Å². The number of hydrogen-bond donors (Lipinski definition) is 2. The Balaban J connectivity index is 1.60. The molecule has 0 aliphatic carbocycles. The summed E-state index contributed by atoms with van der Waals surface area (Å²) in [6, 6.07) is 14.6. The van der Waals surface area contributed by atoms with Crippen molar-refractivity contribution in [3.8, 4) is 11.3 Å². The van der Waals surface area contributed by atoms with Crippen molar-refractivity contribution in [1.82, 2.24) is 20.3 Å². The van der Waals surface area contributed by atoms with E-state index in [2.05, 4.69) is 70.5 Å². The molecule has 2 N–H and O–H groups in total. The molecule has 1 amide bonds. The van der Waals surface area contributed by atoms with Gasteiger partial charge in [-0.2, -0.15) is 0 Å². The summed E-state index contributed by atoms with van der Waals surface area (Å²) in [6.07, 6.45) is 2.99. The molecule has 0 spiro atoms. The molecule has 28 heavy (non-hydrogen) atoms. The summed E-state index contributed by atoms with van der Waals surface area (Å²) in [5, 5.41) is 4.13. The number of aromatic amines is 1. The van der Waals surface area contributed by atoms with Crippen LogP contribution >= 0.6 is 0 Å². The topological polar surface area (TPSA) is 70.7 Å². The Hall–Kier alpha value is -3.47. The summed E-state index contributed by atoms with van der Waals surface area (Å²) in [6.45, 7) is 6.51. The summed E-state index contributed by atoms with van der Waals surface area (Å²) in [4.78, 5) is 23.9. The van der Waals surface area contributed by atoms with Gasteiger partial charge in [0.2, 0.25) is 0 Å². The van der Waals surface area contributed by atoms with Crippen molar-refractivity contribution in [3.05, 3.63) is 82.9 Å². The normalized spacial score (nSPS) is 11.0. The lowest BCUT2D eigenvalue weighted by Crippen LogP contribution is -2.24. The van der Waals surface area contributed by atoms with E-state index < -0.39 is 0 Å². The summed E-state index contributed by atoms with van der Waals surface area (Å²) in [7, 11) is 0. The van der Waals surface area contributed by atoms with Gasteiger partial charge in [0.15, 0.2) is 0 Å². The fourth-order valence-electron chi connectivity index (χ4n) is 3.50. The lowest BCUT2D eigenvalue weighted by atomic mass is 10.0. The molecule has 4 aromatic rings. The number of hydrogen-bond acceptors (Lipinski definition) is 3. The molecule has 5 heteroatoms. The molecule has 0 atom stereocenters. The molecule has 2 aromatic heterocycles. The van der Waals surface area contributed by atoms with E-state index in [4.69, 9.17) is 0 Å². The molecule has 2 aromatic carbocycles. The number of fused-ring (bicyclic) bond motifs is 1. The molecule has 0 radical (unpaired) electrons. The molecule has 140 valence electrons. The second kappa shape index (κ2) is 7.27. The van der Waals surface area contributed by atoms with E-state index in [1.165, 1.54) is 28.4 Å². The zero-order chi connectivity index (χ0) is 19.7. The Morgan fingerprint density at radius 1 is 1.11 bits per heavy atom. The highest BCUT2D eigenvalue weighted by Crippen LogP contribution is 2.31. The molecule has 0 saturated heterocycles. The van der Waals surface area contributed by atoms with Gasteiger partial charge in [-0.05, 0) is 49.6 Å². The maximum atomic E-state index is 12.4. The Morgan fingerprint density at radius 3 is 2.71 bits per heavy atom. The maximum absolute atomic E-state index is 12.4. The monoisotopic (exact) mass is 370 g/mol. The number of nitrogens with one attached hydrogen (secondary N) is 2. The molecule has 4 rings (SSSR count). The Bertz CT molecular complexity index is 1180. The fourth-order valence-corrected chi connectivity index (χ4v) is 3.50. The first-order valence-corrected chi connectivity index (χ1v) is 9.26. The molecular formula is C23H22N4O. The lowest BCUT2D eigenvalue weighted by Gasteiger charge is -2.07. The molecule has 0 aliphatic heterocycles. The van der Waals surface area contributed by atoms with E-state index >= 15 is 0 Å². The number of nitrogens with zero attached hydrogens (tertiary/aromatic N) is 2. The van der Waals surface area contributed by atoms with Crippen LogP contribution in [0.5, 0.6) is 0 Å². The molecule has 0 bridgehead atoms. The third-order valence-electron chi connectivity index (χ3n) is 5.15. The van der Waals surface area contributed by atoms with Crippen LogP contribution in [0.1, 0.15) is 32.7 Å². The first-order chi connectivity index (χ1) is 13.5. The van der Waals surface area contributed by atoms with Crippen molar-refractivity contribution in [1.29, 1.82) is 0 Å². The van der Waals surface area contributed by atoms with Crippen molar-refractivity contribution >= 4 is 16.8 Å². The minimum atomic E-state index is -0.162. The van der Waals surface area contributed by atoms with E-state index in [1.807, 2.05) is 6.07 Å². The van der Waals surface area contributed by atoms with Crippen LogP contribution < -0.4 is 5.32 Å². The highest BCUT2D eigenvalue weighted by molar-refractivity contribution is 5.95. The minimum absolute atomic E-state index is 0.162. The molecular weight excluding hydrogens is 348 g/mol. The molecule has 0 saturated carbocycles. The van der Waals surface area contributed by atoms with Crippen LogP contribution in [0.25, 0.3) is 22.2 Å². The van der Waals surface area contributed by atoms with Crippen molar-refractivity contribution in [3.63, 3.8) is 0 Å². The molecule has 0 aliphatic rings. The van der Waals surface area contributed by atoms with Crippen LogP contribution in [0.4, 0.5) is 0 Å². The second-order valence-electron chi connectivity index (χ2n) is 7.02. The first kappa shape index (κ1) is 17.9. The van der Waals surface area contributed by atoms with E-state index in [0.717, 1.165) is 16.8 Å². The van der Waals surface area contributed by atoms with Gasteiger partial charge in [0.25, 0.3) is 5.91 Å². The quantitative estimate of drug-likeness (QED) is 0.556. The Kier molecular flexibility index (Phi) is 4.65. The van der Waals surface area contributed by atoms with Gasteiger partial charge in [-0.15, -0.1) is 0 Å². The minimum Gasteiger partial charge on any atom is -0.354 e. The van der Waals surface area contributed by atoms with Gasteiger partial charge in [-0.1, -0.05) is 30.3 Å². The van der Waals surface area contributed by atoms with E-state index in [0.29, 0.717) is 17.8 Å². The average Bonchev–Trinajstić information content (AvgIpc) is 3.03. The second-order valence-corrected chi connectivity index (χ2v) is 7.02. The largest absolute Gasteiger partial charge is 0.354 e. The SMILES string of the molecule is Cc1ccccc1-c1[nH]c2ccc(CNC(=O)c3cncnc3C)cc2c1C. The van der Waals surface area contributed by atoms with Gasteiger partial charge >= 0.3 is 0 Å². The van der Waals surface area contributed by atoms with Crippen molar-refractivity contribution < 1.29 is 4.79 Å². The third-order valence-corrected chi connectivity index (χ3v) is 5.15. The van der Waals surface area contributed by atoms with Gasteiger partial charge in [0, 0.05) is 34.9 Å². The number of amides is 1. The van der Waals surface area contributed by atoms with Crippen molar-refractivity contribution in [2.24, 2.45) is 0 Å². The van der Waals surface area contributed by atoms with Gasteiger partial charge in [0.05, 0.1) is 11.3 Å². The zero-order valence-electron chi connectivity index (χ0n) is 16.2. The zero-order valence-corrected chi connectivity index (χ0v) is 16.2. The number of carbonyl (C=O) groups is 1. The predicted molar refractivity (Wildman–Crippen MR) is 111 cm³/mol. The highest BCUT2D eigenvalue weighted by atomic mass is 16.1. The molecule has 0 fully saturated rings. The van der Waals surface area contributed by atoms with E-state index in [-0.39, 0.29) is 5.91 Å². The van der Waals surface area contributed by atoms with Crippen molar-refractivity contribution in [2.75, 3.05) is 0 Å². The number of aryl methyl sites for hydroxylation is 3. The van der Waals surface area contributed by atoms with Gasteiger partial charge in [-0.25, -0.2) is 9.97 Å². The van der Waals surface area contributed by atoms with Crippen molar-refractivity contribution in [2.45, 2.75) is 27.3 Å². The summed E-state index contributed by atoms with van der Waals surface area (Å²) in [5.74, 6) is -0.162. The highest BCUT2D eigenvalue weighted by Gasteiger charge is 2.13. The summed E-state index contributed by atoms with van der Waals surface area (Å²) < 4.78 is 0. The molecule has 5 nitrogen and oxygen atoms in total. The van der Waals surface area contributed by atoms with Crippen LogP contribution in [0.3, 0.4) is 0 Å². The number of benzene rings is 2. The number of carbonyl (C=O) groups excluding carboxylic acids is 1. The first-order valence-electron chi connectivity index (χ1n) is 9.26. The number of aromatic nitrogens is 3. The van der Waals surface area contributed by atoms with E-state index in [9.17, 15) is 4.79 Å². The standard InChI is InChI=1S/C23H22N4O/c1-14-6-4-5-7-18(14)22-15(2)19-10-17(8-9-21(19)27-22)11-25-23(28)20-12-24-13-26-16(20)3/h4-10,12-13,27H,11H2,1-3H3,(H,25,28). The molecule has 2 heterocycles. The number of rotatable bonds is 4. The van der Waals surface area contributed by atoms with Gasteiger partial charge < -0.3 is 10.3 Å². The van der Waals surface area contributed by atoms with Gasteiger partial charge in [0.1, 0.15) is 6.33 Å². The van der Waals surface area contributed by atoms with Crippen LogP contribution in [0.2, 0.25) is 0 Å². The van der Waals surface area contributed by atoms with E-state index in [1.54, 1.807) is 13.1 Å². The predicted octanol–water partition coefficient (Wildman–Crippen LogP) is 4.48. The third kappa shape index (κ3) is 3.27. The van der Waals surface area contributed by atoms with Gasteiger partial charge in [-0.3, -0.25) is 4.79 Å². The Morgan fingerprint density at radius 2 is 1.93 bits per heavy atom. The average molecular weight is 370 g/mol. The number of H-pyrrole nitrogens is 1. The van der Waals surface area contributed by atoms with Crippen LogP contribution in [0, 0.1) is 20.8 Å². The van der Waals surface area contributed by atoms with Crippen LogP contribution in [-0.2, 0) is 6.54 Å². The lowest BCUT2D eigenvalue weighted by molar-refractivity contribution is 0.0949. The summed E-state index contributed by atoms with van der Waals surface area (Å²) in [5.41, 5.74) is 8.13. The smallest absolute Gasteiger partial charge is 0.254 e.